The van der Waals surface area contributed by atoms with Gasteiger partial charge in [0.2, 0.25) is 10.0 Å². The van der Waals surface area contributed by atoms with E-state index in [-0.39, 0.29) is 17.0 Å². The van der Waals surface area contributed by atoms with Gasteiger partial charge in [-0.25, -0.2) is 17.6 Å². The lowest BCUT2D eigenvalue weighted by molar-refractivity contribution is 0.0698. The Balaban J connectivity index is 2.19. The van der Waals surface area contributed by atoms with Gasteiger partial charge in [-0.2, -0.15) is 0 Å². The molecule has 0 radical (unpaired) electrons. The molecule has 110 valence electrons. The van der Waals surface area contributed by atoms with Crippen LogP contribution in [0.2, 0.25) is 0 Å². The van der Waals surface area contributed by atoms with Crippen LogP contribution in [-0.4, -0.2) is 38.0 Å². The van der Waals surface area contributed by atoms with E-state index in [2.05, 4.69) is 4.72 Å². The smallest absolute Gasteiger partial charge is 0.337 e. The first-order chi connectivity index (χ1) is 9.37. The Morgan fingerprint density at radius 3 is 2.85 bits per heavy atom. The molecule has 2 N–H and O–H groups in total. The molecule has 1 unspecified atom stereocenters. The highest BCUT2D eigenvalue weighted by Gasteiger charge is 2.24. The topological polar surface area (TPSA) is 92.7 Å². The number of carboxylic acid groups (broad SMARTS) is 1. The number of nitrogens with one attached hydrogen (secondary N) is 1. The van der Waals surface area contributed by atoms with Crippen LogP contribution in [0.1, 0.15) is 23.2 Å². The van der Waals surface area contributed by atoms with Gasteiger partial charge >= 0.3 is 5.97 Å². The van der Waals surface area contributed by atoms with Crippen molar-refractivity contribution in [1.29, 1.82) is 0 Å². The average molecular weight is 303 g/mol. The molecular formula is C12H14FNO5S. The van der Waals surface area contributed by atoms with E-state index < -0.39 is 27.9 Å². The van der Waals surface area contributed by atoms with Crippen LogP contribution in [0.3, 0.4) is 0 Å². The minimum absolute atomic E-state index is 0.275. The van der Waals surface area contributed by atoms with Gasteiger partial charge in [-0.3, -0.25) is 4.72 Å². The van der Waals surface area contributed by atoms with Gasteiger partial charge in [0.15, 0.2) is 0 Å². The van der Waals surface area contributed by atoms with Crippen molar-refractivity contribution >= 4 is 21.7 Å². The number of hydrogen-bond acceptors (Lipinski definition) is 4. The zero-order valence-corrected chi connectivity index (χ0v) is 11.3. The molecule has 6 nitrogen and oxygen atoms in total. The Morgan fingerprint density at radius 2 is 2.25 bits per heavy atom. The second-order valence-electron chi connectivity index (χ2n) is 4.51. The average Bonchev–Trinajstić information content (AvgIpc) is 2.79. The highest BCUT2D eigenvalue weighted by molar-refractivity contribution is 7.92. The number of hydrogen-bond donors (Lipinski definition) is 2. The molecule has 2 rings (SSSR count). The summed E-state index contributed by atoms with van der Waals surface area (Å²) in [5.41, 5.74) is -0.585. The maximum absolute atomic E-state index is 13.1. The second-order valence-corrected chi connectivity index (χ2v) is 6.28. The van der Waals surface area contributed by atoms with Crippen LogP contribution < -0.4 is 4.72 Å². The third-order valence-corrected chi connectivity index (χ3v) is 4.25. The molecule has 1 atom stereocenters. The lowest BCUT2D eigenvalue weighted by Crippen LogP contribution is -2.26. The third kappa shape index (κ3) is 3.67. The van der Waals surface area contributed by atoms with Crippen LogP contribution in [0.5, 0.6) is 0 Å². The molecule has 20 heavy (non-hydrogen) atoms. The van der Waals surface area contributed by atoms with Crippen LogP contribution >= 0.6 is 0 Å². The summed E-state index contributed by atoms with van der Waals surface area (Å²) >= 11 is 0. The van der Waals surface area contributed by atoms with Gasteiger partial charge in [0, 0.05) is 6.61 Å². The molecule has 0 aromatic heterocycles. The molecule has 1 aromatic carbocycles. The molecule has 0 aliphatic carbocycles. The molecule has 1 aromatic rings. The van der Waals surface area contributed by atoms with Crippen LogP contribution in [0.15, 0.2) is 18.2 Å². The fourth-order valence-corrected chi connectivity index (χ4v) is 3.36. The largest absolute Gasteiger partial charge is 0.478 e. The van der Waals surface area contributed by atoms with Crippen LogP contribution in [-0.2, 0) is 14.8 Å². The van der Waals surface area contributed by atoms with E-state index in [1.807, 2.05) is 0 Å². The zero-order valence-electron chi connectivity index (χ0n) is 10.5. The maximum atomic E-state index is 13.1. The van der Waals surface area contributed by atoms with Crippen molar-refractivity contribution in [2.45, 2.75) is 18.9 Å². The molecule has 1 fully saturated rings. The summed E-state index contributed by atoms with van der Waals surface area (Å²) in [5.74, 6) is -2.33. The Morgan fingerprint density at radius 1 is 1.50 bits per heavy atom. The molecule has 1 heterocycles. The predicted molar refractivity (Wildman–Crippen MR) is 69.7 cm³/mol. The first-order valence-corrected chi connectivity index (χ1v) is 7.67. The van der Waals surface area contributed by atoms with Gasteiger partial charge in [0.1, 0.15) is 5.82 Å². The minimum Gasteiger partial charge on any atom is -0.478 e. The third-order valence-electron chi connectivity index (χ3n) is 2.91. The number of rotatable bonds is 5. The van der Waals surface area contributed by atoms with Gasteiger partial charge in [0.05, 0.1) is 23.1 Å². The van der Waals surface area contributed by atoms with E-state index in [0.717, 1.165) is 24.6 Å². The number of halogens is 1. The molecule has 1 aliphatic heterocycles. The summed E-state index contributed by atoms with van der Waals surface area (Å²) < 4.78 is 44.3. The lowest BCUT2D eigenvalue weighted by atomic mass is 10.2. The van der Waals surface area contributed by atoms with Crippen LogP contribution in [0, 0.1) is 5.82 Å². The maximum Gasteiger partial charge on any atom is 0.337 e. The van der Waals surface area contributed by atoms with Gasteiger partial charge in [-0.1, -0.05) is 0 Å². The van der Waals surface area contributed by atoms with Gasteiger partial charge in [0.25, 0.3) is 0 Å². The van der Waals surface area contributed by atoms with Gasteiger partial charge in [-0.15, -0.1) is 0 Å². The molecule has 8 heteroatoms. The van der Waals surface area contributed by atoms with Crippen LogP contribution in [0.4, 0.5) is 10.1 Å². The highest BCUT2D eigenvalue weighted by atomic mass is 32.2. The standard InChI is InChI=1S/C12H14FNO5S/c13-8-3-4-10(12(15)16)11(6-8)14-20(17,18)7-9-2-1-5-19-9/h3-4,6,9,14H,1-2,5,7H2,(H,15,16). The first kappa shape index (κ1) is 14.7. The van der Waals surface area contributed by atoms with E-state index in [4.69, 9.17) is 9.84 Å². The van der Waals surface area contributed by atoms with Crippen molar-refractivity contribution in [3.05, 3.63) is 29.6 Å². The number of aromatic carboxylic acids is 1. The van der Waals surface area contributed by atoms with E-state index in [9.17, 15) is 17.6 Å². The summed E-state index contributed by atoms with van der Waals surface area (Å²) in [7, 11) is -3.80. The Labute approximate surface area is 115 Å². The van der Waals surface area contributed by atoms with Crippen LogP contribution in [0.25, 0.3) is 0 Å². The first-order valence-electron chi connectivity index (χ1n) is 6.02. The quantitative estimate of drug-likeness (QED) is 0.858. The highest BCUT2D eigenvalue weighted by Crippen LogP contribution is 2.20. The Kier molecular flexibility index (Phi) is 4.24. The molecule has 1 aliphatic rings. The Hall–Kier alpha value is -1.67. The Bertz CT molecular complexity index is 610. The summed E-state index contributed by atoms with van der Waals surface area (Å²) in [6, 6.07) is 2.82. The number of anilines is 1. The summed E-state index contributed by atoms with van der Waals surface area (Å²) in [4.78, 5) is 11.0. The number of ether oxygens (including phenoxy) is 1. The van der Waals surface area contributed by atoms with E-state index >= 15 is 0 Å². The number of benzene rings is 1. The fraction of sp³-hybridized carbons (Fsp3) is 0.417. The van der Waals surface area contributed by atoms with Crippen molar-refractivity contribution in [2.75, 3.05) is 17.1 Å². The zero-order chi connectivity index (χ0) is 14.8. The minimum atomic E-state index is -3.80. The van der Waals surface area contributed by atoms with Crippen molar-refractivity contribution < 1.29 is 27.4 Å². The van der Waals surface area contributed by atoms with Crippen molar-refractivity contribution in [3.8, 4) is 0 Å². The van der Waals surface area contributed by atoms with Gasteiger partial charge < -0.3 is 9.84 Å². The second kappa shape index (κ2) is 5.76. The monoisotopic (exact) mass is 303 g/mol. The van der Waals surface area contributed by atoms with Crippen molar-refractivity contribution in [1.82, 2.24) is 0 Å². The lowest BCUT2D eigenvalue weighted by Gasteiger charge is -2.13. The molecule has 0 spiro atoms. The molecule has 0 saturated carbocycles. The molecular weight excluding hydrogens is 289 g/mol. The number of sulfonamides is 1. The van der Waals surface area contributed by atoms with E-state index in [1.165, 1.54) is 0 Å². The molecule has 0 amide bonds. The van der Waals surface area contributed by atoms with Crippen molar-refractivity contribution in [2.24, 2.45) is 0 Å². The van der Waals surface area contributed by atoms with E-state index in [1.54, 1.807) is 0 Å². The fourth-order valence-electron chi connectivity index (χ4n) is 2.02. The van der Waals surface area contributed by atoms with Gasteiger partial charge in [-0.05, 0) is 31.0 Å². The number of carbonyl (C=O) groups is 1. The number of carboxylic acids is 1. The normalized spacial score (nSPS) is 18.9. The summed E-state index contributed by atoms with van der Waals surface area (Å²) in [6.45, 7) is 0.514. The van der Waals surface area contributed by atoms with Crippen molar-refractivity contribution in [3.63, 3.8) is 0 Å². The summed E-state index contributed by atoms with van der Waals surface area (Å²) in [5, 5.41) is 8.96. The summed E-state index contributed by atoms with van der Waals surface area (Å²) in [6.07, 6.45) is 1.02. The van der Waals surface area contributed by atoms with E-state index in [0.29, 0.717) is 13.0 Å². The molecule has 0 bridgehead atoms. The SMILES string of the molecule is O=C(O)c1ccc(F)cc1NS(=O)(=O)CC1CCCO1. The molecule has 1 saturated heterocycles. The predicted octanol–water partition coefficient (Wildman–Crippen LogP) is 1.44.